The SMILES string of the molecule is CN=C(NCc1cccc(COC)c1)NC1CCS(=O)(=O)C1.I. The van der Waals surface area contributed by atoms with E-state index in [2.05, 4.69) is 21.7 Å². The second kappa shape index (κ2) is 9.43. The third-order valence-electron chi connectivity index (χ3n) is 3.56. The molecule has 1 heterocycles. The summed E-state index contributed by atoms with van der Waals surface area (Å²) in [4.78, 5) is 4.15. The average molecular weight is 453 g/mol. The van der Waals surface area contributed by atoms with Crippen molar-refractivity contribution in [3.8, 4) is 0 Å². The van der Waals surface area contributed by atoms with Gasteiger partial charge in [0.15, 0.2) is 15.8 Å². The smallest absolute Gasteiger partial charge is 0.191 e. The fraction of sp³-hybridized carbons (Fsp3) is 0.533. The summed E-state index contributed by atoms with van der Waals surface area (Å²) < 4.78 is 28.1. The number of halogens is 1. The first-order valence-electron chi connectivity index (χ1n) is 7.27. The molecule has 1 saturated heterocycles. The Morgan fingerprint density at radius 1 is 1.39 bits per heavy atom. The number of benzene rings is 1. The van der Waals surface area contributed by atoms with Crippen LogP contribution in [0.3, 0.4) is 0 Å². The van der Waals surface area contributed by atoms with E-state index in [1.807, 2.05) is 18.2 Å². The second-order valence-electron chi connectivity index (χ2n) is 5.42. The van der Waals surface area contributed by atoms with Crippen LogP contribution in [0, 0.1) is 0 Å². The first-order chi connectivity index (χ1) is 10.5. The summed E-state index contributed by atoms with van der Waals surface area (Å²) in [5.41, 5.74) is 2.24. The summed E-state index contributed by atoms with van der Waals surface area (Å²) in [5.74, 6) is 1.05. The van der Waals surface area contributed by atoms with Gasteiger partial charge in [-0.1, -0.05) is 24.3 Å². The molecule has 1 aromatic carbocycles. The molecule has 0 saturated carbocycles. The molecule has 6 nitrogen and oxygen atoms in total. The Balaban J connectivity index is 0.00000264. The molecule has 1 aromatic rings. The minimum absolute atomic E-state index is 0. The highest BCUT2D eigenvalue weighted by Crippen LogP contribution is 2.11. The van der Waals surface area contributed by atoms with Crippen LogP contribution >= 0.6 is 24.0 Å². The minimum Gasteiger partial charge on any atom is -0.380 e. The van der Waals surface area contributed by atoms with Crippen LogP contribution in [-0.4, -0.2) is 46.1 Å². The summed E-state index contributed by atoms with van der Waals surface area (Å²) in [6.45, 7) is 1.21. The van der Waals surface area contributed by atoms with Crippen molar-refractivity contribution in [2.45, 2.75) is 25.6 Å². The molecule has 2 rings (SSSR count). The van der Waals surface area contributed by atoms with Gasteiger partial charge in [0.1, 0.15) is 0 Å². The van der Waals surface area contributed by atoms with Gasteiger partial charge < -0.3 is 15.4 Å². The van der Waals surface area contributed by atoms with Gasteiger partial charge in [0.2, 0.25) is 0 Å². The summed E-state index contributed by atoms with van der Waals surface area (Å²) in [6, 6.07) is 8.05. The van der Waals surface area contributed by atoms with Gasteiger partial charge in [0.05, 0.1) is 18.1 Å². The molecule has 0 bridgehead atoms. The number of hydrogen-bond donors (Lipinski definition) is 2. The zero-order valence-electron chi connectivity index (χ0n) is 13.4. The van der Waals surface area contributed by atoms with E-state index in [1.165, 1.54) is 0 Å². The normalized spacial score (nSPS) is 19.9. The average Bonchev–Trinajstić information content (AvgIpc) is 2.83. The Labute approximate surface area is 155 Å². The maximum atomic E-state index is 11.5. The third kappa shape index (κ3) is 6.64. The van der Waals surface area contributed by atoms with Crippen molar-refractivity contribution in [1.29, 1.82) is 0 Å². The van der Waals surface area contributed by atoms with Gasteiger partial charge in [-0.25, -0.2) is 8.42 Å². The van der Waals surface area contributed by atoms with Crippen molar-refractivity contribution in [3.63, 3.8) is 0 Å². The zero-order valence-corrected chi connectivity index (χ0v) is 16.6. The van der Waals surface area contributed by atoms with E-state index in [4.69, 9.17) is 4.74 Å². The van der Waals surface area contributed by atoms with Crippen molar-refractivity contribution < 1.29 is 13.2 Å². The van der Waals surface area contributed by atoms with Crippen LogP contribution in [0.15, 0.2) is 29.3 Å². The minimum atomic E-state index is -2.89. The Kier molecular flexibility index (Phi) is 8.27. The van der Waals surface area contributed by atoms with Gasteiger partial charge >= 0.3 is 0 Å². The molecule has 23 heavy (non-hydrogen) atoms. The zero-order chi connectivity index (χ0) is 16.0. The van der Waals surface area contributed by atoms with Crippen molar-refractivity contribution in [1.82, 2.24) is 10.6 Å². The number of nitrogens with one attached hydrogen (secondary N) is 2. The van der Waals surface area contributed by atoms with Gasteiger partial charge in [0, 0.05) is 26.7 Å². The Bertz CT molecular complexity index is 635. The molecular formula is C15H24IN3O3S. The largest absolute Gasteiger partial charge is 0.380 e. The monoisotopic (exact) mass is 453 g/mol. The number of aliphatic imine (C=N–C) groups is 1. The molecule has 0 amide bonds. The fourth-order valence-corrected chi connectivity index (χ4v) is 4.15. The third-order valence-corrected chi connectivity index (χ3v) is 5.33. The molecule has 1 aliphatic heterocycles. The first-order valence-corrected chi connectivity index (χ1v) is 9.09. The standard InChI is InChI=1S/C15H23N3O3S.HI/c1-16-15(18-14-6-7-22(19,20)11-14)17-9-12-4-3-5-13(8-12)10-21-2;/h3-5,8,14H,6-7,9-11H2,1-2H3,(H2,16,17,18);1H. The maximum absolute atomic E-state index is 11.5. The summed E-state index contributed by atoms with van der Waals surface area (Å²) >= 11 is 0. The van der Waals surface area contributed by atoms with Crippen LogP contribution in [0.1, 0.15) is 17.5 Å². The molecule has 0 aromatic heterocycles. The lowest BCUT2D eigenvalue weighted by Crippen LogP contribution is -2.43. The lowest BCUT2D eigenvalue weighted by molar-refractivity contribution is 0.185. The summed E-state index contributed by atoms with van der Waals surface area (Å²) in [7, 11) is 0.466. The van der Waals surface area contributed by atoms with Crippen molar-refractivity contribution in [3.05, 3.63) is 35.4 Å². The van der Waals surface area contributed by atoms with Crippen LogP contribution in [0.5, 0.6) is 0 Å². The van der Waals surface area contributed by atoms with Gasteiger partial charge in [0.25, 0.3) is 0 Å². The van der Waals surface area contributed by atoms with Crippen LogP contribution in [-0.2, 0) is 27.7 Å². The number of sulfone groups is 1. The van der Waals surface area contributed by atoms with Crippen LogP contribution in [0.25, 0.3) is 0 Å². The lowest BCUT2D eigenvalue weighted by Gasteiger charge is -2.16. The first kappa shape index (κ1) is 20.2. The molecule has 0 spiro atoms. The van der Waals surface area contributed by atoms with Crippen molar-refractivity contribution >= 4 is 39.8 Å². The number of hydrogen-bond acceptors (Lipinski definition) is 4. The van der Waals surface area contributed by atoms with Crippen molar-refractivity contribution in [2.24, 2.45) is 4.99 Å². The molecule has 0 radical (unpaired) electrons. The van der Waals surface area contributed by atoms with Crippen LogP contribution in [0.4, 0.5) is 0 Å². The van der Waals surface area contributed by atoms with Crippen LogP contribution in [0.2, 0.25) is 0 Å². The highest BCUT2D eigenvalue weighted by Gasteiger charge is 2.28. The van der Waals surface area contributed by atoms with Crippen LogP contribution < -0.4 is 10.6 Å². The highest BCUT2D eigenvalue weighted by atomic mass is 127. The number of rotatable bonds is 5. The highest BCUT2D eigenvalue weighted by molar-refractivity contribution is 14.0. The Morgan fingerprint density at radius 2 is 2.13 bits per heavy atom. The maximum Gasteiger partial charge on any atom is 0.191 e. The van der Waals surface area contributed by atoms with E-state index in [9.17, 15) is 8.42 Å². The van der Waals surface area contributed by atoms with E-state index in [0.717, 1.165) is 11.1 Å². The molecule has 8 heteroatoms. The summed E-state index contributed by atoms with van der Waals surface area (Å²) in [6.07, 6.45) is 0.631. The lowest BCUT2D eigenvalue weighted by atomic mass is 10.1. The van der Waals surface area contributed by atoms with E-state index in [-0.39, 0.29) is 41.5 Å². The quantitative estimate of drug-likeness (QED) is 0.399. The van der Waals surface area contributed by atoms with Gasteiger partial charge in [-0.2, -0.15) is 0 Å². The molecular weight excluding hydrogens is 429 g/mol. The molecule has 1 aliphatic rings. The molecule has 1 unspecified atom stereocenters. The summed E-state index contributed by atoms with van der Waals surface area (Å²) in [5, 5.41) is 6.38. The van der Waals surface area contributed by atoms with Gasteiger partial charge in [-0.3, -0.25) is 4.99 Å². The topological polar surface area (TPSA) is 79.8 Å². The Morgan fingerprint density at radius 3 is 2.74 bits per heavy atom. The van der Waals surface area contributed by atoms with Gasteiger partial charge in [-0.05, 0) is 17.5 Å². The second-order valence-corrected chi connectivity index (χ2v) is 7.65. The van der Waals surface area contributed by atoms with E-state index in [0.29, 0.717) is 25.5 Å². The number of methoxy groups -OCH3 is 1. The molecule has 0 aliphatic carbocycles. The number of guanidine groups is 1. The predicted octanol–water partition coefficient (Wildman–Crippen LogP) is 1.30. The van der Waals surface area contributed by atoms with E-state index >= 15 is 0 Å². The van der Waals surface area contributed by atoms with Gasteiger partial charge in [-0.15, -0.1) is 24.0 Å². The van der Waals surface area contributed by atoms with E-state index < -0.39 is 9.84 Å². The Hall–Kier alpha value is -0.870. The number of ether oxygens (including phenoxy) is 1. The van der Waals surface area contributed by atoms with Crippen molar-refractivity contribution in [2.75, 3.05) is 25.7 Å². The molecule has 1 fully saturated rings. The van der Waals surface area contributed by atoms with E-state index in [1.54, 1.807) is 14.2 Å². The predicted molar refractivity (Wildman–Crippen MR) is 103 cm³/mol. The molecule has 2 N–H and O–H groups in total. The number of nitrogens with zero attached hydrogens (tertiary/aromatic N) is 1. The molecule has 130 valence electrons. The molecule has 1 atom stereocenters. The fourth-order valence-electron chi connectivity index (χ4n) is 2.48.